The lowest BCUT2D eigenvalue weighted by atomic mass is 10.2. The van der Waals surface area contributed by atoms with Gasteiger partial charge in [-0.3, -0.25) is 24.2 Å². The number of amides is 5. The number of carbonyl (C=O) groups excluding carboxylic acids is 4. The zero-order valence-corrected chi connectivity index (χ0v) is 24.6. The summed E-state index contributed by atoms with van der Waals surface area (Å²) < 4.78 is 5.17. The summed E-state index contributed by atoms with van der Waals surface area (Å²) in [7, 11) is 1.53. The van der Waals surface area contributed by atoms with Crippen LogP contribution in [0.4, 0.5) is 33.2 Å². The van der Waals surface area contributed by atoms with E-state index in [1.54, 1.807) is 77.7 Å². The van der Waals surface area contributed by atoms with Crippen molar-refractivity contribution in [2.75, 3.05) is 33.7 Å². The fourth-order valence-corrected chi connectivity index (χ4v) is 5.14. The van der Waals surface area contributed by atoms with E-state index in [0.717, 1.165) is 0 Å². The van der Waals surface area contributed by atoms with Crippen molar-refractivity contribution in [2.45, 2.75) is 25.9 Å². The molecule has 0 bridgehead atoms. The molecule has 0 spiro atoms. The Hall–Kier alpha value is -5.64. The van der Waals surface area contributed by atoms with Gasteiger partial charge >= 0.3 is 6.03 Å². The standard InChI is InChI=1S/C34H33N5O5/c1-23(2)38(25-12-6-4-7-13-25)30(40)22-37-28-16-10-11-17-29(28)39(26-14-8-5-9-15-26)33(42)31(32(37)41)36-34(43)35-24-18-20-27(44-3)21-19-24/h4-21,23,31H,22H2,1-3H3,(H2,35,36,43). The Morgan fingerprint density at radius 2 is 1.39 bits per heavy atom. The molecule has 44 heavy (non-hydrogen) atoms. The molecule has 1 unspecified atom stereocenters. The van der Waals surface area contributed by atoms with Gasteiger partial charge in [0.1, 0.15) is 12.3 Å². The van der Waals surface area contributed by atoms with Crippen molar-refractivity contribution in [3.05, 3.63) is 109 Å². The van der Waals surface area contributed by atoms with Crippen LogP contribution in [-0.2, 0) is 14.4 Å². The first-order valence-corrected chi connectivity index (χ1v) is 14.2. The minimum absolute atomic E-state index is 0.214. The lowest BCUT2D eigenvalue weighted by molar-refractivity contribution is -0.129. The van der Waals surface area contributed by atoms with E-state index in [1.807, 2.05) is 50.2 Å². The number of benzene rings is 4. The molecule has 1 atom stereocenters. The number of methoxy groups -OCH3 is 1. The van der Waals surface area contributed by atoms with Crippen LogP contribution >= 0.6 is 0 Å². The largest absolute Gasteiger partial charge is 0.497 e. The van der Waals surface area contributed by atoms with Crippen molar-refractivity contribution >= 4 is 52.2 Å². The van der Waals surface area contributed by atoms with Crippen molar-refractivity contribution in [3.63, 3.8) is 0 Å². The molecule has 0 aliphatic carbocycles. The van der Waals surface area contributed by atoms with Gasteiger partial charge in [0.05, 0.1) is 18.5 Å². The summed E-state index contributed by atoms with van der Waals surface area (Å²) >= 11 is 0. The molecule has 224 valence electrons. The van der Waals surface area contributed by atoms with Gasteiger partial charge in [-0.05, 0) is 74.5 Å². The molecule has 1 heterocycles. The molecule has 4 aromatic carbocycles. The number of ether oxygens (including phenoxy) is 1. The summed E-state index contributed by atoms with van der Waals surface area (Å²) in [5.74, 6) is -1.16. The van der Waals surface area contributed by atoms with Gasteiger partial charge in [-0.1, -0.05) is 48.5 Å². The molecule has 0 saturated heterocycles. The molecule has 2 N–H and O–H groups in total. The molecule has 10 heteroatoms. The van der Waals surface area contributed by atoms with Gasteiger partial charge < -0.3 is 20.3 Å². The highest BCUT2D eigenvalue weighted by molar-refractivity contribution is 6.25. The smallest absolute Gasteiger partial charge is 0.320 e. The second kappa shape index (κ2) is 13.1. The highest BCUT2D eigenvalue weighted by Crippen LogP contribution is 2.38. The maximum absolute atomic E-state index is 14.3. The van der Waals surface area contributed by atoms with Gasteiger partial charge in [-0.15, -0.1) is 0 Å². The Kier molecular flexibility index (Phi) is 8.90. The predicted octanol–water partition coefficient (Wildman–Crippen LogP) is 5.34. The van der Waals surface area contributed by atoms with E-state index in [9.17, 15) is 19.2 Å². The molecule has 4 aromatic rings. The van der Waals surface area contributed by atoms with Crippen LogP contribution in [0, 0.1) is 0 Å². The van der Waals surface area contributed by atoms with Crippen molar-refractivity contribution in [1.29, 1.82) is 0 Å². The van der Waals surface area contributed by atoms with Crippen molar-refractivity contribution < 1.29 is 23.9 Å². The third-order valence-corrected chi connectivity index (χ3v) is 7.14. The first-order valence-electron chi connectivity index (χ1n) is 14.2. The summed E-state index contributed by atoms with van der Waals surface area (Å²) in [6.45, 7) is 3.41. The summed E-state index contributed by atoms with van der Waals surface area (Å²) in [5.41, 5.74) is 2.38. The van der Waals surface area contributed by atoms with Crippen LogP contribution in [0.15, 0.2) is 109 Å². The van der Waals surface area contributed by atoms with Crippen LogP contribution < -0.4 is 30.1 Å². The second-order valence-electron chi connectivity index (χ2n) is 10.4. The lowest BCUT2D eigenvalue weighted by Gasteiger charge is -2.31. The third kappa shape index (κ3) is 6.24. The van der Waals surface area contributed by atoms with E-state index in [-0.39, 0.29) is 18.5 Å². The number of nitrogens with one attached hydrogen (secondary N) is 2. The van der Waals surface area contributed by atoms with Gasteiger partial charge in [0.2, 0.25) is 5.91 Å². The van der Waals surface area contributed by atoms with Crippen molar-refractivity contribution in [2.24, 2.45) is 0 Å². The fraction of sp³-hybridized carbons (Fsp3) is 0.176. The van der Waals surface area contributed by atoms with Crippen molar-refractivity contribution in [3.8, 4) is 5.75 Å². The molecule has 5 rings (SSSR count). The van der Waals surface area contributed by atoms with E-state index in [0.29, 0.717) is 34.2 Å². The molecular formula is C34H33N5O5. The molecule has 0 saturated carbocycles. The van der Waals surface area contributed by atoms with Crippen LogP contribution in [0.25, 0.3) is 0 Å². The zero-order chi connectivity index (χ0) is 31.2. The Balaban J connectivity index is 1.53. The average Bonchev–Trinajstić information content (AvgIpc) is 3.11. The Morgan fingerprint density at radius 3 is 2.00 bits per heavy atom. The van der Waals surface area contributed by atoms with E-state index in [2.05, 4.69) is 10.6 Å². The average molecular weight is 592 g/mol. The molecule has 0 radical (unpaired) electrons. The number of carbonyl (C=O) groups is 4. The van der Waals surface area contributed by atoms with Gasteiger partial charge in [0, 0.05) is 23.1 Å². The van der Waals surface area contributed by atoms with Gasteiger partial charge in [-0.2, -0.15) is 0 Å². The second-order valence-corrected chi connectivity index (χ2v) is 10.4. The SMILES string of the molecule is COc1ccc(NC(=O)NC2C(=O)N(CC(=O)N(c3ccccc3)C(C)C)c3ccccc3N(c3ccccc3)C2=O)cc1. The predicted molar refractivity (Wildman–Crippen MR) is 170 cm³/mol. The summed E-state index contributed by atoms with van der Waals surface area (Å²) in [5, 5.41) is 5.23. The summed E-state index contributed by atoms with van der Waals surface area (Å²) in [4.78, 5) is 59.9. The van der Waals surface area contributed by atoms with Crippen molar-refractivity contribution in [1.82, 2.24) is 5.32 Å². The third-order valence-electron chi connectivity index (χ3n) is 7.14. The summed E-state index contributed by atoms with van der Waals surface area (Å²) in [6, 6.07) is 28.9. The Morgan fingerprint density at radius 1 is 0.795 bits per heavy atom. The molecule has 0 aromatic heterocycles. The molecule has 5 amide bonds. The highest BCUT2D eigenvalue weighted by Gasteiger charge is 2.43. The van der Waals surface area contributed by atoms with E-state index >= 15 is 0 Å². The number of fused-ring (bicyclic) bond motifs is 1. The molecule has 10 nitrogen and oxygen atoms in total. The van der Waals surface area contributed by atoms with Gasteiger partial charge in [0.15, 0.2) is 6.04 Å². The number of hydrogen-bond acceptors (Lipinski definition) is 5. The van der Waals surface area contributed by atoms with Crippen LogP contribution in [-0.4, -0.2) is 49.5 Å². The molecule has 1 aliphatic rings. The molecule has 1 aliphatic heterocycles. The maximum atomic E-state index is 14.3. The van der Waals surface area contributed by atoms with Crippen LogP contribution in [0.2, 0.25) is 0 Å². The Bertz CT molecular complexity index is 1640. The first-order chi connectivity index (χ1) is 21.3. The Labute approximate surface area is 255 Å². The van der Waals surface area contributed by atoms with Gasteiger partial charge in [-0.25, -0.2) is 4.79 Å². The minimum atomic E-state index is -1.64. The normalized spacial score (nSPS) is 14.5. The topological polar surface area (TPSA) is 111 Å². The number of hydrogen-bond donors (Lipinski definition) is 2. The summed E-state index contributed by atoms with van der Waals surface area (Å²) in [6.07, 6.45) is 0. The highest BCUT2D eigenvalue weighted by atomic mass is 16.5. The minimum Gasteiger partial charge on any atom is -0.497 e. The van der Waals surface area contributed by atoms with E-state index < -0.39 is 23.9 Å². The van der Waals surface area contributed by atoms with Crippen LogP contribution in [0.1, 0.15) is 13.8 Å². The number of nitrogens with zero attached hydrogens (tertiary/aromatic N) is 3. The number of para-hydroxylation sites is 4. The van der Waals surface area contributed by atoms with Crippen LogP contribution in [0.5, 0.6) is 5.75 Å². The van der Waals surface area contributed by atoms with Crippen LogP contribution in [0.3, 0.4) is 0 Å². The number of anilines is 5. The zero-order valence-electron chi connectivity index (χ0n) is 24.6. The molecular weight excluding hydrogens is 558 g/mol. The van der Waals surface area contributed by atoms with Gasteiger partial charge in [0.25, 0.3) is 11.8 Å². The fourth-order valence-electron chi connectivity index (χ4n) is 5.14. The number of rotatable bonds is 8. The molecule has 0 fully saturated rings. The van der Waals surface area contributed by atoms with E-state index in [4.69, 9.17) is 4.74 Å². The quantitative estimate of drug-likeness (QED) is 0.269. The lowest BCUT2D eigenvalue weighted by Crippen LogP contribution is -2.57. The van der Waals surface area contributed by atoms with E-state index in [1.165, 1.54) is 16.9 Å². The number of urea groups is 1. The monoisotopic (exact) mass is 591 g/mol. The first kappa shape index (κ1) is 29.8. The maximum Gasteiger partial charge on any atom is 0.320 e.